The summed E-state index contributed by atoms with van der Waals surface area (Å²) in [6, 6.07) is 7.79. The first-order valence-corrected chi connectivity index (χ1v) is 7.08. The van der Waals surface area contributed by atoms with Crippen LogP contribution in [-0.2, 0) is 13.1 Å². The summed E-state index contributed by atoms with van der Waals surface area (Å²) >= 11 is 5.88. The van der Waals surface area contributed by atoms with E-state index >= 15 is 0 Å². The molecule has 0 saturated carbocycles. The summed E-state index contributed by atoms with van der Waals surface area (Å²) in [5.74, 6) is 0. The van der Waals surface area contributed by atoms with E-state index in [1.54, 1.807) is 0 Å². The van der Waals surface area contributed by atoms with Gasteiger partial charge in [-0.2, -0.15) is 10.2 Å². The first-order valence-electron chi connectivity index (χ1n) is 6.70. The van der Waals surface area contributed by atoms with Gasteiger partial charge >= 0.3 is 0 Å². The average molecular weight is 302 g/mol. The zero-order valence-corrected chi connectivity index (χ0v) is 12.4. The Bertz CT molecular complexity index is 714. The largest absolute Gasteiger partial charge is 0.378 e. The molecule has 1 aromatic carbocycles. The molecule has 21 heavy (non-hydrogen) atoms. The molecule has 2 aromatic heterocycles. The summed E-state index contributed by atoms with van der Waals surface area (Å²) in [4.78, 5) is 0. The lowest BCUT2D eigenvalue weighted by Crippen LogP contribution is -2.00. The third-order valence-corrected chi connectivity index (χ3v) is 3.56. The quantitative estimate of drug-likeness (QED) is 0.760. The highest BCUT2D eigenvalue weighted by Crippen LogP contribution is 2.13. The highest BCUT2D eigenvalue weighted by molar-refractivity contribution is 6.30. The number of H-pyrrole nitrogens is 1. The molecule has 2 N–H and O–H groups in total. The number of aryl methyl sites for hydroxylation is 1. The molecule has 3 rings (SSSR count). The molecule has 0 radical (unpaired) electrons. The average Bonchev–Trinajstić information content (AvgIpc) is 3.08. The van der Waals surface area contributed by atoms with Crippen molar-refractivity contribution in [1.82, 2.24) is 20.0 Å². The monoisotopic (exact) mass is 301 g/mol. The summed E-state index contributed by atoms with van der Waals surface area (Å²) < 4.78 is 1.90. The fourth-order valence-corrected chi connectivity index (χ4v) is 2.20. The van der Waals surface area contributed by atoms with Crippen LogP contribution in [0, 0.1) is 6.92 Å². The number of anilines is 1. The van der Waals surface area contributed by atoms with E-state index in [0.717, 1.165) is 35.1 Å². The number of nitrogens with one attached hydrogen (secondary N) is 2. The standard InChI is InChI=1S/C15H16ClN5/c1-11-13(7-18-20-11)6-17-15-8-19-21(10-15)9-12-2-4-14(16)5-3-12/h2-5,7-8,10,17H,6,9H2,1H3,(H,18,20). The van der Waals surface area contributed by atoms with Gasteiger partial charge in [0.15, 0.2) is 0 Å². The summed E-state index contributed by atoms with van der Waals surface area (Å²) in [7, 11) is 0. The maximum absolute atomic E-state index is 5.88. The van der Waals surface area contributed by atoms with Crippen molar-refractivity contribution in [2.45, 2.75) is 20.0 Å². The summed E-state index contributed by atoms with van der Waals surface area (Å²) in [6.45, 7) is 3.46. The molecule has 0 aliphatic carbocycles. The number of benzene rings is 1. The van der Waals surface area contributed by atoms with Gasteiger partial charge in [-0.3, -0.25) is 9.78 Å². The van der Waals surface area contributed by atoms with Gasteiger partial charge in [0.2, 0.25) is 0 Å². The molecule has 0 amide bonds. The van der Waals surface area contributed by atoms with Gasteiger partial charge in [-0.1, -0.05) is 23.7 Å². The second-order valence-electron chi connectivity index (χ2n) is 4.93. The van der Waals surface area contributed by atoms with Crippen LogP contribution in [-0.4, -0.2) is 20.0 Å². The van der Waals surface area contributed by atoms with Gasteiger partial charge in [0.1, 0.15) is 0 Å². The molecular weight excluding hydrogens is 286 g/mol. The first-order chi connectivity index (χ1) is 10.2. The fourth-order valence-electron chi connectivity index (χ4n) is 2.07. The molecule has 0 aliphatic heterocycles. The third-order valence-electron chi connectivity index (χ3n) is 3.31. The number of aromatic nitrogens is 4. The normalized spacial score (nSPS) is 10.8. The molecule has 3 aromatic rings. The second kappa shape index (κ2) is 6.01. The van der Waals surface area contributed by atoms with E-state index in [1.165, 1.54) is 5.56 Å². The smallest absolute Gasteiger partial charge is 0.0729 e. The summed E-state index contributed by atoms with van der Waals surface area (Å²) in [5, 5.41) is 15.4. The Kier molecular flexibility index (Phi) is 3.92. The number of hydrogen-bond acceptors (Lipinski definition) is 3. The van der Waals surface area contributed by atoms with Crippen molar-refractivity contribution in [2.24, 2.45) is 0 Å². The molecule has 6 heteroatoms. The predicted molar refractivity (Wildman–Crippen MR) is 83.4 cm³/mol. The third kappa shape index (κ3) is 3.44. The highest BCUT2D eigenvalue weighted by Gasteiger charge is 2.03. The fraction of sp³-hybridized carbons (Fsp3) is 0.200. The second-order valence-corrected chi connectivity index (χ2v) is 5.36. The first kappa shape index (κ1) is 13.7. The molecule has 0 atom stereocenters. The number of rotatable bonds is 5. The van der Waals surface area contributed by atoms with Crippen molar-refractivity contribution in [3.63, 3.8) is 0 Å². The molecule has 0 spiro atoms. The molecule has 0 bridgehead atoms. The van der Waals surface area contributed by atoms with Crippen molar-refractivity contribution in [3.05, 3.63) is 64.7 Å². The van der Waals surface area contributed by atoms with Crippen LogP contribution in [0.1, 0.15) is 16.8 Å². The van der Waals surface area contributed by atoms with Crippen molar-refractivity contribution in [2.75, 3.05) is 5.32 Å². The van der Waals surface area contributed by atoms with Gasteiger partial charge in [0, 0.05) is 29.0 Å². The van der Waals surface area contributed by atoms with Crippen molar-refractivity contribution in [1.29, 1.82) is 0 Å². The van der Waals surface area contributed by atoms with Gasteiger partial charge in [-0.05, 0) is 24.6 Å². The van der Waals surface area contributed by atoms with E-state index in [0.29, 0.717) is 0 Å². The Hall–Kier alpha value is -2.27. The van der Waals surface area contributed by atoms with Crippen molar-refractivity contribution < 1.29 is 0 Å². The minimum atomic E-state index is 0.726. The van der Waals surface area contributed by atoms with Crippen molar-refractivity contribution in [3.8, 4) is 0 Å². The molecule has 0 aliphatic rings. The maximum Gasteiger partial charge on any atom is 0.0729 e. The van der Waals surface area contributed by atoms with E-state index in [1.807, 2.05) is 54.5 Å². The van der Waals surface area contributed by atoms with Crippen LogP contribution < -0.4 is 5.32 Å². The van der Waals surface area contributed by atoms with Crippen LogP contribution in [0.5, 0.6) is 0 Å². The summed E-state index contributed by atoms with van der Waals surface area (Å²) in [5.41, 5.74) is 4.39. The zero-order valence-electron chi connectivity index (χ0n) is 11.7. The molecule has 2 heterocycles. The van der Waals surface area contributed by atoms with Crippen molar-refractivity contribution >= 4 is 17.3 Å². The van der Waals surface area contributed by atoms with E-state index in [-0.39, 0.29) is 0 Å². The van der Waals surface area contributed by atoms with Crippen LogP contribution in [0.4, 0.5) is 5.69 Å². The Morgan fingerprint density at radius 3 is 2.76 bits per heavy atom. The Labute approximate surface area is 127 Å². The van der Waals surface area contributed by atoms with Gasteiger partial charge in [-0.15, -0.1) is 0 Å². The predicted octanol–water partition coefficient (Wildman–Crippen LogP) is 3.23. The van der Waals surface area contributed by atoms with Crippen LogP contribution in [0.2, 0.25) is 5.02 Å². The summed E-state index contributed by atoms with van der Waals surface area (Å²) in [6.07, 6.45) is 5.65. The topological polar surface area (TPSA) is 58.5 Å². The van der Waals surface area contributed by atoms with Crippen LogP contribution in [0.3, 0.4) is 0 Å². The minimum Gasteiger partial charge on any atom is -0.378 e. The molecular formula is C15H16ClN5. The Morgan fingerprint density at radius 2 is 2.05 bits per heavy atom. The van der Waals surface area contributed by atoms with E-state index in [4.69, 9.17) is 11.6 Å². The van der Waals surface area contributed by atoms with Crippen LogP contribution in [0.25, 0.3) is 0 Å². The molecule has 5 nitrogen and oxygen atoms in total. The number of halogens is 1. The number of hydrogen-bond donors (Lipinski definition) is 2. The highest BCUT2D eigenvalue weighted by atomic mass is 35.5. The molecule has 0 saturated heterocycles. The van der Waals surface area contributed by atoms with Crippen LogP contribution >= 0.6 is 11.6 Å². The minimum absolute atomic E-state index is 0.726. The lowest BCUT2D eigenvalue weighted by atomic mass is 10.2. The number of nitrogens with zero attached hydrogens (tertiary/aromatic N) is 3. The van der Waals surface area contributed by atoms with E-state index in [2.05, 4.69) is 20.6 Å². The Morgan fingerprint density at radius 1 is 1.24 bits per heavy atom. The van der Waals surface area contributed by atoms with E-state index < -0.39 is 0 Å². The maximum atomic E-state index is 5.88. The Balaban J connectivity index is 1.61. The van der Waals surface area contributed by atoms with Gasteiger partial charge in [-0.25, -0.2) is 0 Å². The SMILES string of the molecule is Cc1[nH]ncc1CNc1cnn(Cc2ccc(Cl)cc2)c1. The van der Waals surface area contributed by atoms with E-state index in [9.17, 15) is 0 Å². The molecule has 108 valence electrons. The lowest BCUT2D eigenvalue weighted by Gasteiger charge is -2.03. The van der Waals surface area contributed by atoms with Gasteiger partial charge in [0.05, 0.1) is 24.6 Å². The van der Waals surface area contributed by atoms with Gasteiger partial charge < -0.3 is 5.32 Å². The van der Waals surface area contributed by atoms with Crippen LogP contribution in [0.15, 0.2) is 42.9 Å². The van der Waals surface area contributed by atoms with Gasteiger partial charge in [0.25, 0.3) is 0 Å². The lowest BCUT2D eigenvalue weighted by molar-refractivity contribution is 0.687. The zero-order chi connectivity index (χ0) is 14.7. The molecule has 0 unspecified atom stereocenters. The molecule has 0 fully saturated rings. The number of aromatic amines is 1.